The maximum Gasteiger partial charge on any atom is 0.258 e. The Kier molecular flexibility index (Phi) is 5.50. The molecule has 25 heavy (non-hydrogen) atoms. The zero-order chi connectivity index (χ0) is 17.6. The predicted molar refractivity (Wildman–Crippen MR) is 99.8 cm³/mol. The Morgan fingerprint density at radius 1 is 1.20 bits per heavy atom. The van der Waals surface area contributed by atoms with Crippen LogP contribution in [0.5, 0.6) is 5.75 Å². The summed E-state index contributed by atoms with van der Waals surface area (Å²) in [6.45, 7) is 2.65. The van der Waals surface area contributed by atoms with Gasteiger partial charge in [0, 0.05) is 21.7 Å². The average molecular weight is 401 g/mol. The highest BCUT2D eigenvalue weighted by Gasteiger charge is 2.12. The van der Waals surface area contributed by atoms with Crippen molar-refractivity contribution in [1.82, 2.24) is 5.16 Å². The normalized spacial score (nSPS) is 10.5. The molecule has 3 rings (SSSR count). The first kappa shape index (κ1) is 17.2. The highest BCUT2D eigenvalue weighted by Crippen LogP contribution is 2.24. The molecular weight excluding hydrogens is 384 g/mol. The van der Waals surface area contributed by atoms with E-state index in [4.69, 9.17) is 9.26 Å². The van der Waals surface area contributed by atoms with Gasteiger partial charge in [-0.25, -0.2) is 0 Å². The smallest absolute Gasteiger partial charge is 0.258 e. The number of aromatic nitrogens is 1. The molecule has 6 heteroatoms. The maximum absolute atomic E-state index is 12.4. The summed E-state index contributed by atoms with van der Waals surface area (Å²) < 4.78 is 11.7. The van der Waals surface area contributed by atoms with Crippen molar-refractivity contribution in [3.05, 3.63) is 64.6 Å². The fraction of sp³-hybridized carbons (Fsp3) is 0.158. The molecular formula is C19H17BrN2O3. The van der Waals surface area contributed by atoms with Gasteiger partial charge in [-0.1, -0.05) is 46.2 Å². The van der Waals surface area contributed by atoms with Crippen molar-refractivity contribution in [3.63, 3.8) is 0 Å². The van der Waals surface area contributed by atoms with Crippen LogP contribution in [0, 0.1) is 0 Å². The van der Waals surface area contributed by atoms with E-state index in [1.807, 2.05) is 37.3 Å². The summed E-state index contributed by atoms with van der Waals surface area (Å²) in [5.41, 5.74) is 2.06. The Morgan fingerprint density at radius 2 is 2.00 bits per heavy atom. The van der Waals surface area contributed by atoms with Gasteiger partial charge in [0.15, 0.2) is 0 Å². The second-order valence-electron chi connectivity index (χ2n) is 5.41. The first-order chi connectivity index (χ1) is 12.2. The van der Waals surface area contributed by atoms with E-state index < -0.39 is 0 Å². The van der Waals surface area contributed by atoms with Crippen molar-refractivity contribution >= 4 is 27.7 Å². The van der Waals surface area contributed by atoms with Gasteiger partial charge in [-0.3, -0.25) is 10.1 Å². The zero-order valence-corrected chi connectivity index (χ0v) is 15.2. The van der Waals surface area contributed by atoms with Gasteiger partial charge in [-0.15, -0.1) is 0 Å². The van der Waals surface area contributed by atoms with Crippen LogP contribution in [0.1, 0.15) is 23.7 Å². The predicted octanol–water partition coefficient (Wildman–Crippen LogP) is 5.15. The molecule has 0 aliphatic heterocycles. The molecule has 1 amide bonds. The third kappa shape index (κ3) is 4.48. The molecule has 0 fully saturated rings. The molecule has 0 saturated heterocycles. The molecule has 1 aromatic heterocycles. The van der Waals surface area contributed by atoms with E-state index in [9.17, 15) is 4.79 Å². The number of nitrogens with one attached hydrogen (secondary N) is 1. The molecule has 1 N–H and O–H groups in total. The minimum absolute atomic E-state index is 0.277. The lowest BCUT2D eigenvalue weighted by atomic mass is 10.1. The Morgan fingerprint density at radius 3 is 2.76 bits per heavy atom. The lowest BCUT2D eigenvalue weighted by molar-refractivity contribution is 0.102. The minimum Gasteiger partial charge on any atom is -0.494 e. The number of amides is 1. The number of hydrogen-bond donors (Lipinski definition) is 1. The summed E-state index contributed by atoms with van der Waals surface area (Å²) in [7, 11) is 0. The number of ether oxygens (including phenoxy) is 1. The minimum atomic E-state index is -0.277. The standard InChI is InChI=1S/C19H17BrN2O3/c1-2-10-24-16-5-3-4-14(11-16)19(23)21-18-12-17(22-25-18)13-6-8-15(20)9-7-13/h3-9,11-12H,2,10H2,1H3,(H,21,23). The van der Waals surface area contributed by atoms with Gasteiger partial charge in [-0.05, 0) is 36.8 Å². The van der Waals surface area contributed by atoms with Crippen molar-refractivity contribution in [3.8, 4) is 17.0 Å². The van der Waals surface area contributed by atoms with E-state index in [0.29, 0.717) is 29.5 Å². The van der Waals surface area contributed by atoms with Crippen LogP contribution in [0.25, 0.3) is 11.3 Å². The number of carbonyl (C=O) groups is 1. The van der Waals surface area contributed by atoms with Crippen molar-refractivity contribution in [2.75, 3.05) is 11.9 Å². The van der Waals surface area contributed by atoms with Gasteiger partial charge in [0.25, 0.3) is 5.91 Å². The van der Waals surface area contributed by atoms with Crippen LogP contribution >= 0.6 is 15.9 Å². The second-order valence-corrected chi connectivity index (χ2v) is 6.33. The highest BCUT2D eigenvalue weighted by molar-refractivity contribution is 9.10. The Labute approximate surface area is 154 Å². The van der Waals surface area contributed by atoms with Crippen molar-refractivity contribution < 1.29 is 14.1 Å². The van der Waals surface area contributed by atoms with E-state index in [1.54, 1.807) is 24.3 Å². The number of hydrogen-bond acceptors (Lipinski definition) is 4. The fourth-order valence-electron chi connectivity index (χ4n) is 2.22. The van der Waals surface area contributed by atoms with E-state index in [-0.39, 0.29) is 5.91 Å². The number of halogens is 1. The van der Waals surface area contributed by atoms with Crippen molar-refractivity contribution in [2.45, 2.75) is 13.3 Å². The Bertz CT molecular complexity index is 859. The molecule has 0 atom stereocenters. The lowest BCUT2D eigenvalue weighted by Crippen LogP contribution is -2.11. The third-order valence-corrected chi connectivity index (χ3v) is 3.98. The third-order valence-electron chi connectivity index (χ3n) is 3.46. The first-order valence-electron chi connectivity index (χ1n) is 7.92. The first-order valence-corrected chi connectivity index (χ1v) is 8.72. The summed E-state index contributed by atoms with van der Waals surface area (Å²) in [5.74, 6) is 0.686. The van der Waals surface area contributed by atoms with Gasteiger partial charge in [0.2, 0.25) is 5.88 Å². The summed E-state index contributed by atoms with van der Waals surface area (Å²) in [5, 5.41) is 6.70. The number of rotatable bonds is 6. The number of nitrogens with zero attached hydrogens (tertiary/aromatic N) is 1. The van der Waals surface area contributed by atoms with Crippen LogP contribution in [0.4, 0.5) is 5.88 Å². The van der Waals surface area contributed by atoms with E-state index >= 15 is 0 Å². The van der Waals surface area contributed by atoms with E-state index in [0.717, 1.165) is 16.5 Å². The van der Waals surface area contributed by atoms with Crippen LogP contribution in [0.15, 0.2) is 63.6 Å². The highest BCUT2D eigenvalue weighted by atomic mass is 79.9. The Balaban J connectivity index is 1.70. The number of carbonyl (C=O) groups excluding carboxylic acids is 1. The molecule has 0 bridgehead atoms. The monoisotopic (exact) mass is 400 g/mol. The SMILES string of the molecule is CCCOc1cccc(C(=O)Nc2cc(-c3ccc(Br)cc3)no2)c1. The maximum atomic E-state index is 12.4. The summed E-state index contributed by atoms with van der Waals surface area (Å²) in [6, 6.07) is 16.4. The van der Waals surface area contributed by atoms with Gasteiger partial charge in [0.05, 0.1) is 6.61 Å². The zero-order valence-electron chi connectivity index (χ0n) is 13.7. The summed E-state index contributed by atoms with van der Waals surface area (Å²) >= 11 is 3.39. The van der Waals surface area contributed by atoms with Crippen molar-refractivity contribution in [1.29, 1.82) is 0 Å². The van der Waals surface area contributed by atoms with Crippen LogP contribution in [-0.2, 0) is 0 Å². The molecule has 2 aromatic carbocycles. The molecule has 0 saturated carbocycles. The van der Waals surface area contributed by atoms with E-state index in [2.05, 4.69) is 26.4 Å². The molecule has 1 heterocycles. The average Bonchev–Trinajstić information content (AvgIpc) is 3.09. The van der Waals surface area contributed by atoms with Crippen LogP contribution < -0.4 is 10.1 Å². The Hall–Kier alpha value is -2.60. The lowest BCUT2D eigenvalue weighted by Gasteiger charge is -2.06. The molecule has 0 aliphatic carbocycles. The summed E-state index contributed by atoms with van der Waals surface area (Å²) in [6.07, 6.45) is 0.910. The molecule has 3 aromatic rings. The fourth-order valence-corrected chi connectivity index (χ4v) is 2.49. The quantitative estimate of drug-likeness (QED) is 0.621. The molecule has 0 unspecified atom stereocenters. The molecule has 5 nitrogen and oxygen atoms in total. The van der Waals surface area contributed by atoms with Crippen LogP contribution in [0.2, 0.25) is 0 Å². The number of benzene rings is 2. The summed E-state index contributed by atoms with van der Waals surface area (Å²) in [4.78, 5) is 12.4. The topological polar surface area (TPSA) is 64.4 Å². The molecule has 0 aliphatic rings. The van der Waals surface area contributed by atoms with Gasteiger partial charge in [0.1, 0.15) is 11.4 Å². The molecule has 0 radical (unpaired) electrons. The molecule has 0 spiro atoms. The van der Waals surface area contributed by atoms with Gasteiger partial charge < -0.3 is 9.26 Å². The van der Waals surface area contributed by atoms with Gasteiger partial charge >= 0.3 is 0 Å². The van der Waals surface area contributed by atoms with Crippen LogP contribution in [0.3, 0.4) is 0 Å². The van der Waals surface area contributed by atoms with E-state index in [1.165, 1.54) is 0 Å². The number of anilines is 1. The molecule has 128 valence electrons. The van der Waals surface area contributed by atoms with Gasteiger partial charge in [-0.2, -0.15) is 0 Å². The van der Waals surface area contributed by atoms with Crippen LogP contribution in [-0.4, -0.2) is 17.7 Å². The van der Waals surface area contributed by atoms with Crippen molar-refractivity contribution in [2.24, 2.45) is 0 Å². The largest absolute Gasteiger partial charge is 0.494 e. The second kappa shape index (κ2) is 7.98.